The van der Waals surface area contributed by atoms with Crippen LogP contribution in [0.3, 0.4) is 0 Å². The van der Waals surface area contributed by atoms with Crippen LogP contribution in [0, 0.1) is 5.82 Å². The van der Waals surface area contributed by atoms with E-state index in [-0.39, 0.29) is 23.3 Å². The van der Waals surface area contributed by atoms with Gasteiger partial charge in [-0.05, 0) is 25.0 Å². The second-order valence-electron chi connectivity index (χ2n) is 7.32. The van der Waals surface area contributed by atoms with E-state index >= 15 is 0 Å². The third-order valence-corrected chi connectivity index (χ3v) is 5.66. The first kappa shape index (κ1) is 18.6. The molecule has 0 radical (unpaired) electrons. The van der Waals surface area contributed by atoms with Crippen LogP contribution < -0.4 is 10.5 Å². The molecule has 8 heteroatoms. The maximum absolute atomic E-state index is 14.0. The summed E-state index contributed by atoms with van der Waals surface area (Å²) < 4.78 is 14.0. The van der Waals surface area contributed by atoms with Crippen LogP contribution >= 0.6 is 0 Å². The molecule has 2 saturated heterocycles. The number of nitrogens with one attached hydrogen (secondary N) is 1. The number of carbonyl (C=O) groups is 1. The van der Waals surface area contributed by atoms with Gasteiger partial charge in [-0.15, -0.1) is 0 Å². The van der Waals surface area contributed by atoms with E-state index in [9.17, 15) is 14.0 Å². The van der Waals surface area contributed by atoms with E-state index in [1.165, 1.54) is 18.6 Å². The lowest BCUT2D eigenvalue weighted by molar-refractivity contribution is 0.0561. The van der Waals surface area contributed by atoms with Gasteiger partial charge < -0.3 is 14.8 Å². The topological polar surface area (TPSA) is 72.5 Å². The van der Waals surface area contributed by atoms with Gasteiger partial charge >= 0.3 is 0 Å². The number of para-hydroxylation sites is 1. The fourth-order valence-corrected chi connectivity index (χ4v) is 4.14. The van der Waals surface area contributed by atoms with Crippen LogP contribution in [0.15, 0.2) is 41.6 Å². The maximum Gasteiger partial charge on any atom is 0.263 e. The van der Waals surface area contributed by atoms with E-state index in [2.05, 4.69) is 19.8 Å². The fourth-order valence-electron chi connectivity index (χ4n) is 4.14. The second kappa shape index (κ2) is 8.10. The highest BCUT2D eigenvalue weighted by molar-refractivity contribution is 5.93. The molecule has 0 spiro atoms. The zero-order valence-corrected chi connectivity index (χ0v) is 15.7. The number of carbonyl (C=O) groups excluding carboxylic acids is 1. The molecule has 0 saturated carbocycles. The average molecular weight is 385 g/mol. The van der Waals surface area contributed by atoms with Gasteiger partial charge in [-0.2, -0.15) is 0 Å². The quantitative estimate of drug-likeness (QED) is 0.863. The number of amides is 1. The molecule has 2 aliphatic rings. The van der Waals surface area contributed by atoms with Crippen LogP contribution in [0.25, 0.3) is 0 Å². The van der Waals surface area contributed by atoms with Crippen molar-refractivity contribution >= 4 is 11.6 Å². The summed E-state index contributed by atoms with van der Waals surface area (Å²) in [6.45, 7) is 4.43. The Kier molecular flexibility index (Phi) is 5.38. The molecule has 1 N–H and O–H groups in total. The number of anilines is 1. The number of nitrogens with zero attached hydrogens (tertiary/aromatic N) is 4. The first-order valence-corrected chi connectivity index (χ1v) is 9.69. The van der Waals surface area contributed by atoms with Gasteiger partial charge in [-0.25, -0.2) is 9.37 Å². The van der Waals surface area contributed by atoms with E-state index in [1.54, 1.807) is 11.0 Å². The average Bonchev–Trinajstić information content (AvgIpc) is 2.74. The molecular weight excluding hydrogens is 361 g/mol. The summed E-state index contributed by atoms with van der Waals surface area (Å²) in [6, 6.07) is 7.13. The van der Waals surface area contributed by atoms with Crippen molar-refractivity contribution in [2.24, 2.45) is 0 Å². The van der Waals surface area contributed by atoms with E-state index in [1.807, 2.05) is 12.1 Å². The summed E-state index contributed by atoms with van der Waals surface area (Å²) in [5, 5.41) is 0. The predicted octanol–water partition coefficient (Wildman–Crippen LogP) is 1.34. The molecule has 0 bridgehead atoms. The van der Waals surface area contributed by atoms with Gasteiger partial charge in [0.25, 0.3) is 11.5 Å². The number of piperazine rings is 1. The van der Waals surface area contributed by atoms with Crippen LogP contribution in [-0.4, -0.2) is 71.0 Å². The summed E-state index contributed by atoms with van der Waals surface area (Å²) >= 11 is 0. The third kappa shape index (κ3) is 3.77. The Morgan fingerprint density at radius 2 is 1.93 bits per heavy atom. The standard InChI is InChI=1S/C20H24FN5O2/c21-17-5-1-2-6-18(17)25-10-8-24(9-11-25)15-4-3-7-26(13-15)20(28)16-12-22-14-23-19(16)27/h1-2,5-6,12,14-15H,3-4,7-11,13H2,(H,22,23,27). The second-order valence-corrected chi connectivity index (χ2v) is 7.32. The van der Waals surface area contributed by atoms with Gasteiger partial charge in [0.05, 0.1) is 12.0 Å². The minimum atomic E-state index is -0.402. The molecule has 1 aromatic carbocycles. The molecule has 4 rings (SSSR count). The Morgan fingerprint density at radius 1 is 1.14 bits per heavy atom. The highest BCUT2D eigenvalue weighted by Gasteiger charge is 2.31. The maximum atomic E-state index is 14.0. The van der Waals surface area contributed by atoms with Crippen LogP contribution in [-0.2, 0) is 0 Å². The highest BCUT2D eigenvalue weighted by Crippen LogP contribution is 2.23. The number of aromatic amines is 1. The molecule has 1 atom stereocenters. The van der Waals surface area contributed by atoms with Gasteiger partial charge in [0, 0.05) is 51.5 Å². The van der Waals surface area contributed by atoms with Crippen molar-refractivity contribution < 1.29 is 9.18 Å². The Morgan fingerprint density at radius 3 is 2.68 bits per heavy atom. The third-order valence-electron chi connectivity index (χ3n) is 5.66. The molecule has 2 aliphatic heterocycles. The van der Waals surface area contributed by atoms with E-state index < -0.39 is 5.56 Å². The summed E-state index contributed by atoms with van der Waals surface area (Å²) in [6.07, 6.45) is 4.54. The van der Waals surface area contributed by atoms with Gasteiger partial charge in [0.2, 0.25) is 0 Å². The van der Waals surface area contributed by atoms with Crippen molar-refractivity contribution in [3.63, 3.8) is 0 Å². The summed E-state index contributed by atoms with van der Waals surface area (Å²) in [7, 11) is 0. The number of H-pyrrole nitrogens is 1. The lowest BCUT2D eigenvalue weighted by atomic mass is 10.0. The van der Waals surface area contributed by atoms with Crippen molar-refractivity contribution in [2.75, 3.05) is 44.2 Å². The molecule has 1 aromatic heterocycles. The van der Waals surface area contributed by atoms with Crippen LogP contribution in [0.1, 0.15) is 23.2 Å². The largest absolute Gasteiger partial charge is 0.367 e. The number of likely N-dealkylation sites (tertiary alicyclic amines) is 1. The van der Waals surface area contributed by atoms with Crippen molar-refractivity contribution in [3.05, 3.63) is 58.5 Å². The number of piperidine rings is 1. The van der Waals surface area contributed by atoms with Gasteiger partial charge in [-0.3, -0.25) is 14.5 Å². The van der Waals surface area contributed by atoms with Crippen molar-refractivity contribution in [1.29, 1.82) is 0 Å². The zero-order valence-electron chi connectivity index (χ0n) is 15.7. The summed E-state index contributed by atoms with van der Waals surface area (Å²) in [5.74, 6) is -0.448. The minimum Gasteiger partial charge on any atom is -0.367 e. The fraction of sp³-hybridized carbons (Fsp3) is 0.450. The Hall–Kier alpha value is -2.74. The number of rotatable bonds is 3. The normalized spacial score (nSPS) is 21.0. The highest BCUT2D eigenvalue weighted by atomic mass is 19.1. The molecule has 1 unspecified atom stereocenters. The van der Waals surface area contributed by atoms with Crippen LogP contribution in [0.5, 0.6) is 0 Å². The molecule has 0 aliphatic carbocycles. The minimum absolute atomic E-state index is 0.0903. The smallest absolute Gasteiger partial charge is 0.263 e. The summed E-state index contributed by atoms with van der Waals surface area (Å²) in [5.41, 5.74) is 0.339. The molecule has 2 aromatic rings. The zero-order chi connectivity index (χ0) is 19.5. The van der Waals surface area contributed by atoms with Crippen molar-refractivity contribution in [3.8, 4) is 0 Å². The van der Waals surface area contributed by atoms with Gasteiger partial charge in [0.15, 0.2) is 0 Å². The van der Waals surface area contributed by atoms with Gasteiger partial charge in [0.1, 0.15) is 11.4 Å². The molecule has 148 valence electrons. The van der Waals surface area contributed by atoms with Crippen molar-refractivity contribution in [2.45, 2.75) is 18.9 Å². The first-order valence-electron chi connectivity index (χ1n) is 9.69. The van der Waals surface area contributed by atoms with Crippen LogP contribution in [0.2, 0.25) is 0 Å². The van der Waals surface area contributed by atoms with Crippen molar-refractivity contribution in [1.82, 2.24) is 19.8 Å². The van der Waals surface area contributed by atoms with E-state index in [4.69, 9.17) is 0 Å². The Balaban J connectivity index is 1.38. The molecule has 7 nitrogen and oxygen atoms in total. The Labute approximate surface area is 162 Å². The number of benzene rings is 1. The first-order chi connectivity index (χ1) is 13.6. The molecule has 1 amide bonds. The molecule has 28 heavy (non-hydrogen) atoms. The number of hydrogen-bond donors (Lipinski definition) is 1. The number of aromatic nitrogens is 2. The molecular formula is C20H24FN5O2. The van der Waals surface area contributed by atoms with E-state index in [0.29, 0.717) is 18.8 Å². The summed E-state index contributed by atoms with van der Waals surface area (Å²) in [4.78, 5) is 37.1. The SMILES string of the molecule is O=C(c1cnc[nH]c1=O)N1CCCC(N2CCN(c3ccccc3F)CC2)C1. The molecule has 3 heterocycles. The van der Waals surface area contributed by atoms with Crippen LogP contribution in [0.4, 0.5) is 10.1 Å². The predicted molar refractivity (Wildman–Crippen MR) is 104 cm³/mol. The van der Waals surface area contributed by atoms with Gasteiger partial charge in [-0.1, -0.05) is 12.1 Å². The lowest BCUT2D eigenvalue weighted by Crippen LogP contribution is -2.56. The molecule has 2 fully saturated rings. The Bertz CT molecular complexity index is 894. The number of hydrogen-bond acceptors (Lipinski definition) is 5. The van der Waals surface area contributed by atoms with E-state index in [0.717, 1.165) is 39.0 Å². The monoisotopic (exact) mass is 385 g/mol. The lowest BCUT2D eigenvalue weighted by Gasteiger charge is -2.43. The number of halogens is 1.